The molecule has 28 heavy (non-hydrogen) atoms. The van der Waals surface area contributed by atoms with Crippen LogP contribution in [0, 0.1) is 0 Å². The molecule has 1 aliphatic carbocycles. The minimum Gasteiger partial charge on any atom is -0.489 e. The topological polar surface area (TPSA) is 98.5 Å². The van der Waals surface area contributed by atoms with Crippen LogP contribution in [0.25, 0.3) is 0 Å². The number of benzene rings is 1. The molecule has 0 aliphatic heterocycles. The van der Waals surface area contributed by atoms with E-state index in [2.05, 4.69) is 5.32 Å². The van der Waals surface area contributed by atoms with Crippen molar-refractivity contribution in [3.05, 3.63) is 36.2 Å². The Bertz CT molecular complexity index is 791. The second kappa shape index (κ2) is 9.97. The van der Waals surface area contributed by atoms with Crippen LogP contribution in [0.15, 0.2) is 41.1 Å². The molecule has 6 nitrogen and oxygen atoms in total. The summed E-state index contributed by atoms with van der Waals surface area (Å²) in [6, 6.07) is 5.92. The van der Waals surface area contributed by atoms with Crippen LogP contribution in [-0.4, -0.2) is 45.4 Å². The lowest BCUT2D eigenvalue weighted by Crippen LogP contribution is -2.33. The molecule has 9 heteroatoms. The molecule has 0 aromatic heterocycles. The van der Waals surface area contributed by atoms with E-state index in [0.717, 1.165) is 0 Å². The van der Waals surface area contributed by atoms with Crippen molar-refractivity contribution >= 4 is 15.7 Å². The summed E-state index contributed by atoms with van der Waals surface area (Å²) in [5.41, 5.74) is 3.96. The molecular weight excluding hydrogens is 390 g/mol. The van der Waals surface area contributed by atoms with Crippen molar-refractivity contribution in [2.24, 2.45) is 5.73 Å². The van der Waals surface area contributed by atoms with E-state index in [0.29, 0.717) is 43.5 Å². The monoisotopic (exact) mass is 416 g/mol. The van der Waals surface area contributed by atoms with Gasteiger partial charge in [0.05, 0.1) is 17.0 Å². The highest BCUT2D eigenvalue weighted by molar-refractivity contribution is 7.91. The van der Waals surface area contributed by atoms with E-state index in [1.807, 2.05) is 0 Å². The maximum absolute atomic E-state index is 13.4. The number of unbranched alkanes of at least 4 members (excludes halogenated alkanes) is 2. The standard InChI is InChI=1S/C19H26F2N2O4S/c20-12-15(13-22)14-27-16-4-6-17(7-5-16)28(25,26)11-3-1-2-10-23-18(24)19(21)8-9-19/h4-7,12H,1-3,8-11,13-14,22H2,(H,23,24)/b15-12+. The van der Waals surface area contributed by atoms with Gasteiger partial charge in [0.2, 0.25) is 0 Å². The number of sulfone groups is 1. The first kappa shape index (κ1) is 22.3. The fourth-order valence-corrected chi connectivity index (χ4v) is 3.83. The molecule has 1 amide bonds. The van der Waals surface area contributed by atoms with E-state index < -0.39 is 21.4 Å². The summed E-state index contributed by atoms with van der Waals surface area (Å²) < 4.78 is 55.9. The zero-order chi connectivity index (χ0) is 20.6. The second-order valence-corrected chi connectivity index (χ2v) is 8.94. The van der Waals surface area contributed by atoms with Crippen LogP contribution >= 0.6 is 0 Å². The summed E-state index contributed by atoms with van der Waals surface area (Å²) in [6.07, 6.45) is 2.60. The van der Waals surface area contributed by atoms with Crippen molar-refractivity contribution in [2.75, 3.05) is 25.4 Å². The molecule has 2 rings (SSSR count). The molecule has 0 radical (unpaired) electrons. The quantitative estimate of drug-likeness (QED) is 0.510. The lowest BCUT2D eigenvalue weighted by atomic mass is 10.2. The highest BCUT2D eigenvalue weighted by atomic mass is 32.2. The molecular formula is C19H26F2N2O4S. The fraction of sp³-hybridized carbons (Fsp3) is 0.526. The molecule has 0 bridgehead atoms. The summed E-state index contributed by atoms with van der Waals surface area (Å²) in [5, 5.41) is 2.54. The van der Waals surface area contributed by atoms with Crippen LogP contribution in [0.1, 0.15) is 32.1 Å². The number of hydrogen-bond donors (Lipinski definition) is 2. The third-order valence-corrected chi connectivity index (χ3v) is 6.31. The summed E-state index contributed by atoms with van der Waals surface area (Å²) in [5.74, 6) is -0.164. The van der Waals surface area contributed by atoms with Gasteiger partial charge in [0.1, 0.15) is 12.4 Å². The predicted molar refractivity (Wildman–Crippen MR) is 102 cm³/mol. The first-order valence-electron chi connectivity index (χ1n) is 9.22. The van der Waals surface area contributed by atoms with Crippen molar-refractivity contribution in [2.45, 2.75) is 42.7 Å². The number of carbonyl (C=O) groups is 1. The minimum absolute atomic E-state index is 0.000832. The van der Waals surface area contributed by atoms with Gasteiger partial charge in [-0.3, -0.25) is 4.79 Å². The minimum atomic E-state index is -3.43. The molecule has 1 saturated carbocycles. The average molecular weight is 416 g/mol. The van der Waals surface area contributed by atoms with E-state index in [4.69, 9.17) is 10.5 Å². The number of hydrogen-bond acceptors (Lipinski definition) is 5. The first-order chi connectivity index (χ1) is 13.3. The summed E-state index contributed by atoms with van der Waals surface area (Å²) in [7, 11) is -3.43. The summed E-state index contributed by atoms with van der Waals surface area (Å²) in [6.45, 7) is 0.384. The number of amides is 1. The van der Waals surface area contributed by atoms with E-state index in [-0.39, 0.29) is 36.6 Å². The SMILES string of the molecule is NC/C(=C\F)COc1ccc(S(=O)(=O)CCCCCNC(=O)C2(F)CC2)cc1. The number of rotatable bonds is 12. The van der Waals surface area contributed by atoms with Gasteiger partial charge in [-0.25, -0.2) is 17.2 Å². The van der Waals surface area contributed by atoms with E-state index in [1.54, 1.807) is 0 Å². The summed E-state index contributed by atoms with van der Waals surface area (Å²) >= 11 is 0. The number of ether oxygens (including phenoxy) is 1. The van der Waals surface area contributed by atoms with E-state index >= 15 is 0 Å². The molecule has 3 N–H and O–H groups in total. The van der Waals surface area contributed by atoms with Gasteiger partial charge in [-0.2, -0.15) is 0 Å². The lowest BCUT2D eigenvalue weighted by Gasteiger charge is -2.09. The summed E-state index contributed by atoms with van der Waals surface area (Å²) in [4.78, 5) is 11.6. The van der Waals surface area contributed by atoms with Crippen molar-refractivity contribution < 1.29 is 26.7 Å². The van der Waals surface area contributed by atoms with Crippen molar-refractivity contribution in [1.29, 1.82) is 0 Å². The number of nitrogens with one attached hydrogen (secondary N) is 1. The Labute approximate surface area is 164 Å². The molecule has 156 valence electrons. The van der Waals surface area contributed by atoms with Gasteiger partial charge < -0.3 is 15.8 Å². The largest absolute Gasteiger partial charge is 0.489 e. The van der Waals surface area contributed by atoms with Crippen molar-refractivity contribution in [3.63, 3.8) is 0 Å². The molecule has 0 heterocycles. The van der Waals surface area contributed by atoms with Crippen LogP contribution < -0.4 is 15.8 Å². The zero-order valence-electron chi connectivity index (χ0n) is 15.6. The smallest absolute Gasteiger partial charge is 0.257 e. The molecule has 1 aromatic rings. The molecule has 1 aromatic carbocycles. The van der Waals surface area contributed by atoms with Gasteiger partial charge in [-0.1, -0.05) is 6.42 Å². The molecule has 0 unspecified atom stereocenters. The normalized spacial score (nSPS) is 15.9. The Hall–Kier alpha value is -2.00. The van der Waals surface area contributed by atoms with Gasteiger partial charge in [0, 0.05) is 18.7 Å². The van der Waals surface area contributed by atoms with Crippen LogP contribution in [0.5, 0.6) is 5.75 Å². The predicted octanol–water partition coefficient (Wildman–Crippen LogP) is 2.44. The zero-order valence-corrected chi connectivity index (χ0v) is 16.4. The Balaban J connectivity index is 1.70. The highest BCUT2D eigenvalue weighted by Crippen LogP contribution is 2.39. The van der Waals surface area contributed by atoms with Crippen molar-refractivity contribution in [3.8, 4) is 5.75 Å². The molecule has 1 aliphatic rings. The lowest BCUT2D eigenvalue weighted by molar-refractivity contribution is -0.127. The molecule has 0 spiro atoms. The van der Waals surface area contributed by atoms with Crippen LogP contribution in [0.4, 0.5) is 8.78 Å². The van der Waals surface area contributed by atoms with Crippen LogP contribution in [0.3, 0.4) is 0 Å². The van der Waals surface area contributed by atoms with Gasteiger partial charge in [-0.05, 0) is 49.9 Å². The van der Waals surface area contributed by atoms with Gasteiger partial charge in [0.15, 0.2) is 15.5 Å². The average Bonchev–Trinajstić information content (AvgIpc) is 3.44. The maximum Gasteiger partial charge on any atom is 0.257 e. The third-order valence-electron chi connectivity index (χ3n) is 4.49. The number of halogens is 2. The highest BCUT2D eigenvalue weighted by Gasteiger charge is 2.50. The molecule has 0 saturated heterocycles. The Morgan fingerprint density at radius 3 is 2.46 bits per heavy atom. The Kier molecular flexibility index (Phi) is 7.94. The van der Waals surface area contributed by atoms with Gasteiger partial charge in [-0.15, -0.1) is 0 Å². The van der Waals surface area contributed by atoms with Crippen molar-refractivity contribution in [1.82, 2.24) is 5.32 Å². The second-order valence-electron chi connectivity index (χ2n) is 6.83. The fourth-order valence-electron chi connectivity index (χ4n) is 2.46. The Morgan fingerprint density at radius 1 is 1.21 bits per heavy atom. The maximum atomic E-state index is 13.4. The Morgan fingerprint density at radius 2 is 1.89 bits per heavy atom. The number of alkyl halides is 1. The van der Waals surface area contributed by atoms with Gasteiger partial charge in [0.25, 0.3) is 5.91 Å². The van der Waals surface area contributed by atoms with Gasteiger partial charge >= 0.3 is 0 Å². The first-order valence-corrected chi connectivity index (χ1v) is 10.9. The van der Waals surface area contributed by atoms with E-state index in [1.165, 1.54) is 24.3 Å². The third kappa shape index (κ3) is 6.56. The number of carbonyl (C=O) groups excluding carboxylic acids is 1. The number of nitrogens with two attached hydrogens (primary N) is 1. The molecule has 0 atom stereocenters. The van der Waals surface area contributed by atoms with Crippen LogP contribution in [0.2, 0.25) is 0 Å². The van der Waals surface area contributed by atoms with E-state index in [9.17, 15) is 22.0 Å². The van der Waals surface area contributed by atoms with Crippen LogP contribution in [-0.2, 0) is 14.6 Å². The molecule has 1 fully saturated rings.